The largest absolute Gasteiger partial charge is 0.481 e. The van der Waals surface area contributed by atoms with Crippen LogP contribution in [0.1, 0.15) is 46.0 Å². The van der Waals surface area contributed by atoms with E-state index in [2.05, 4.69) is 24.5 Å². The Morgan fingerprint density at radius 2 is 1.83 bits per heavy atom. The van der Waals surface area contributed by atoms with E-state index in [-0.39, 0.29) is 18.5 Å². The summed E-state index contributed by atoms with van der Waals surface area (Å²) in [6, 6.07) is 0.0595. The third kappa shape index (κ3) is 4.94. The van der Waals surface area contributed by atoms with Crippen molar-refractivity contribution in [2.45, 2.75) is 52.0 Å². The number of carbonyl (C=O) groups excluding carboxylic acids is 1. The molecular weight excluding hydrogens is 232 g/mol. The molecule has 1 fully saturated rings. The molecule has 1 aliphatic carbocycles. The van der Waals surface area contributed by atoms with Gasteiger partial charge in [-0.2, -0.15) is 0 Å². The van der Waals surface area contributed by atoms with Gasteiger partial charge in [-0.25, -0.2) is 4.79 Å². The Bertz CT molecular complexity index is 284. The smallest absolute Gasteiger partial charge is 0.315 e. The summed E-state index contributed by atoms with van der Waals surface area (Å²) < 4.78 is 0. The molecule has 5 nitrogen and oxygen atoms in total. The average molecular weight is 256 g/mol. The Morgan fingerprint density at radius 3 is 2.39 bits per heavy atom. The summed E-state index contributed by atoms with van der Waals surface area (Å²) in [6.07, 6.45) is 4.12. The van der Waals surface area contributed by atoms with Crippen molar-refractivity contribution in [1.82, 2.24) is 10.6 Å². The Morgan fingerprint density at radius 1 is 1.22 bits per heavy atom. The van der Waals surface area contributed by atoms with E-state index < -0.39 is 5.97 Å². The number of urea groups is 1. The molecule has 2 amide bonds. The van der Waals surface area contributed by atoms with E-state index >= 15 is 0 Å². The van der Waals surface area contributed by atoms with Crippen molar-refractivity contribution in [2.24, 2.45) is 11.8 Å². The van der Waals surface area contributed by atoms with Gasteiger partial charge in [0.1, 0.15) is 0 Å². The molecule has 2 atom stereocenters. The second-order valence-corrected chi connectivity index (χ2v) is 5.31. The van der Waals surface area contributed by atoms with E-state index in [1.54, 1.807) is 0 Å². The molecule has 1 saturated carbocycles. The molecule has 0 aromatic heterocycles. The topological polar surface area (TPSA) is 78.4 Å². The molecule has 0 radical (unpaired) electrons. The van der Waals surface area contributed by atoms with Crippen LogP contribution in [0.4, 0.5) is 4.79 Å². The summed E-state index contributed by atoms with van der Waals surface area (Å²) in [4.78, 5) is 22.0. The second-order valence-electron chi connectivity index (χ2n) is 5.31. The van der Waals surface area contributed by atoms with Crippen LogP contribution in [0.5, 0.6) is 0 Å². The monoisotopic (exact) mass is 256 g/mol. The van der Waals surface area contributed by atoms with Crippen LogP contribution in [0.25, 0.3) is 0 Å². The number of carboxylic acid groups (broad SMARTS) is 1. The molecule has 3 N–H and O–H groups in total. The van der Waals surface area contributed by atoms with Crippen molar-refractivity contribution < 1.29 is 14.7 Å². The molecule has 18 heavy (non-hydrogen) atoms. The molecule has 0 heterocycles. The van der Waals surface area contributed by atoms with Crippen LogP contribution < -0.4 is 10.6 Å². The summed E-state index contributed by atoms with van der Waals surface area (Å²) in [5.74, 6) is 0.198. The zero-order valence-electron chi connectivity index (χ0n) is 11.2. The number of hydrogen-bond acceptors (Lipinski definition) is 2. The van der Waals surface area contributed by atoms with Crippen molar-refractivity contribution in [3.63, 3.8) is 0 Å². The van der Waals surface area contributed by atoms with E-state index in [1.807, 2.05) is 0 Å². The van der Waals surface area contributed by atoms with Crippen LogP contribution in [0.3, 0.4) is 0 Å². The molecule has 0 aliphatic heterocycles. The van der Waals surface area contributed by atoms with E-state index in [0.717, 1.165) is 12.8 Å². The number of rotatable bonds is 5. The fraction of sp³-hybridized carbons (Fsp3) is 0.846. The Kier molecular flexibility index (Phi) is 5.95. The van der Waals surface area contributed by atoms with Crippen molar-refractivity contribution in [2.75, 3.05) is 6.54 Å². The number of amides is 2. The first-order chi connectivity index (χ1) is 8.50. The molecule has 0 saturated heterocycles. The first-order valence-corrected chi connectivity index (χ1v) is 6.77. The van der Waals surface area contributed by atoms with Crippen molar-refractivity contribution in [3.8, 4) is 0 Å². The van der Waals surface area contributed by atoms with Gasteiger partial charge in [0.2, 0.25) is 0 Å². The molecule has 0 bridgehead atoms. The molecule has 2 unspecified atom stereocenters. The van der Waals surface area contributed by atoms with Crippen LogP contribution in [-0.2, 0) is 4.79 Å². The minimum Gasteiger partial charge on any atom is -0.481 e. The minimum atomic E-state index is -0.827. The van der Waals surface area contributed by atoms with Gasteiger partial charge in [0.25, 0.3) is 0 Å². The maximum Gasteiger partial charge on any atom is 0.315 e. The van der Waals surface area contributed by atoms with Gasteiger partial charge in [-0.1, -0.05) is 20.3 Å². The fourth-order valence-electron chi connectivity index (χ4n) is 2.61. The van der Waals surface area contributed by atoms with Crippen molar-refractivity contribution >= 4 is 12.0 Å². The van der Waals surface area contributed by atoms with Crippen LogP contribution in [-0.4, -0.2) is 29.7 Å². The molecule has 0 spiro atoms. The first-order valence-electron chi connectivity index (χ1n) is 6.77. The minimum absolute atomic E-state index is 0.0938. The van der Waals surface area contributed by atoms with Gasteiger partial charge in [0.05, 0.1) is 0 Å². The summed E-state index contributed by atoms with van der Waals surface area (Å²) in [5.41, 5.74) is 0. The molecular formula is C13H24N2O3. The van der Waals surface area contributed by atoms with Crippen LogP contribution in [0.2, 0.25) is 0 Å². The van der Waals surface area contributed by atoms with E-state index in [0.29, 0.717) is 24.8 Å². The van der Waals surface area contributed by atoms with E-state index in [9.17, 15) is 9.59 Å². The third-order valence-corrected chi connectivity index (χ3v) is 3.70. The number of nitrogens with one attached hydrogen (secondary N) is 2. The highest BCUT2D eigenvalue weighted by atomic mass is 16.4. The van der Waals surface area contributed by atoms with E-state index in [1.165, 1.54) is 6.42 Å². The zero-order valence-corrected chi connectivity index (χ0v) is 11.2. The number of carbonyl (C=O) groups is 2. The van der Waals surface area contributed by atoms with Crippen LogP contribution in [0.15, 0.2) is 0 Å². The maximum atomic E-state index is 11.7. The highest BCUT2D eigenvalue weighted by Gasteiger charge is 2.28. The van der Waals surface area contributed by atoms with Gasteiger partial charge in [0, 0.05) is 19.0 Å². The van der Waals surface area contributed by atoms with Crippen LogP contribution in [0, 0.1) is 11.8 Å². The quantitative estimate of drug-likeness (QED) is 0.658. The number of aliphatic carboxylic acids is 1. The lowest BCUT2D eigenvalue weighted by atomic mass is 9.79. The number of carboxylic acids is 1. The highest BCUT2D eigenvalue weighted by molar-refractivity contribution is 5.74. The lowest BCUT2D eigenvalue weighted by Crippen LogP contribution is -2.49. The summed E-state index contributed by atoms with van der Waals surface area (Å²) in [7, 11) is 0. The van der Waals surface area contributed by atoms with Gasteiger partial charge < -0.3 is 15.7 Å². The molecule has 104 valence electrons. The van der Waals surface area contributed by atoms with E-state index in [4.69, 9.17) is 5.11 Å². The molecule has 5 heteroatoms. The number of hydrogen-bond donors (Lipinski definition) is 3. The zero-order chi connectivity index (χ0) is 13.5. The standard InChI is InChI=1S/C13H24N2O3/c1-9-5-3-6-10(2)12(9)15-13(18)14-8-4-7-11(16)17/h9-10,12H,3-8H2,1-2H3,(H,16,17)(H2,14,15,18). The Hall–Kier alpha value is -1.26. The SMILES string of the molecule is CC1CCCC(C)C1NC(=O)NCCCC(=O)O. The van der Waals surface area contributed by atoms with Crippen molar-refractivity contribution in [3.05, 3.63) is 0 Å². The normalized spacial score (nSPS) is 27.6. The molecule has 1 aliphatic rings. The van der Waals surface area contributed by atoms with Crippen molar-refractivity contribution in [1.29, 1.82) is 0 Å². The van der Waals surface area contributed by atoms with Gasteiger partial charge in [0.15, 0.2) is 0 Å². The molecule has 1 rings (SSSR count). The summed E-state index contributed by atoms with van der Waals surface area (Å²) in [5, 5.41) is 14.2. The predicted molar refractivity (Wildman–Crippen MR) is 69.4 cm³/mol. The Labute approximate surface area is 108 Å². The second kappa shape index (κ2) is 7.24. The Balaban J connectivity index is 2.24. The average Bonchev–Trinajstić information content (AvgIpc) is 2.29. The highest BCUT2D eigenvalue weighted by Crippen LogP contribution is 2.28. The van der Waals surface area contributed by atoms with Gasteiger partial charge >= 0.3 is 12.0 Å². The summed E-state index contributed by atoms with van der Waals surface area (Å²) >= 11 is 0. The maximum absolute atomic E-state index is 11.7. The molecule has 0 aromatic carbocycles. The lowest BCUT2D eigenvalue weighted by molar-refractivity contribution is -0.137. The van der Waals surface area contributed by atoms with Gasteiger partial charge in [-0.15, -0.1) is 0 Å². The summed E-state index contributed by atoms with van der Waals surface area (Å²) in [6.45, 7) is 4.75. The predicted octanol–water partition coefficient (Wildman–Crippen LogP) is 1.98. The fourth-order valence-corrected chi connectivity index (χ4v) is 2.61. The first kappa shape index (κ1) is 14.8. The third-order valence-electron chi connectivity index (χ3n) is 3.70. The van der Waals surface area contributed by atoms with Gasteiger partial charge in [-0.05, 0) is 31.1 Å². The molecule has 0 aromatic rings. The van der Waals surface area contributed by atoms with Crippen LogP contribution >= 0.6 is 0 Å². The lowest BCUT2D eigenvalue weighted by Gasteiger charge is -2.35. The van der Waals surface area contributed by atoms with Gasteiger partial charge in [-0.3, -0.25) is 4.79 Å².